The maximum Gasteiger partial charge on any atom is 0.408 e. The fraction of sp³-hybridized carbons (Fsp3) is 0.250. The minimum absolute atomic E-state index is 0.0472. The monoisotopic (exact) mass is 451 g/mol. The minimum atomic E-state index is -3.42. The van der Waals surface area contributed by atoms with Crippen molar-refractivity contribution in [1.29, 1.82) is 0 Å². The molecule has 0 heterocycles. The van der Waals surface area contributed by atoms with Crippen LogP contribution in [0.4, 0.5) is 9.18 Å². The summed E-state index contributed by atoms with van der Waals surface area (Å²) in [6.07, 6.45) is -0.175. The molecular weight excluding hydrogens is 429 g/mol. The summed E-state index contributed by atoms with van der Waals surface area (Å²) in [7, 11) is -3.42. The zero-order valence-corrected chi connectivity index (χ0v) is 17.4. The molecule has 166 valence electrons. The normalized spacial score (nSPS) is 11.8. The van der Waals surface area contributed by atoms with Crippen molar-refractivity contribution in [1.82, 2.24) is 16.2 Å². The Morgan fingerprint density at radius 3 is 2.26 bits per heavy atom. The van der Waals surface area contributed by atoms with Gasteiger partial charge in [0.2, 0.25) is 0 Å². The van der Waals surface area contributed by atoms with Gasteiger partial charge < -0.3 is 10.1 Å². The first-order chi connectivity index (χ1) is 14.6. The van der Waals surface area contributed by atoms with E-state index in [4.69, 9.17) is 4.74 Å². The van der Waals surface area contributed by atoms with Crippen LogP contribution in [0.15, 0.2) is 54.6 Å². The number of ether oxygens (including phenoxy) is 1. The molecule has 31 heavy (non-hydrogen) atoms. The molecule has 9 nitrogen and oxygen atoms in total. The standard InChI is InChI=1S/C20H22FN3O6S/c1-31(28,29)12-11-17(22-20(27)30-13-14-5-3-2-4-6-14)19(26)24-23-18(25)15-7-9-16(21)10-8-15/h2-10,17H,11-13H2,1H3,(H,22,27)(H,23,25)(H,24,26). The number of carbonyl (C=O) groups excluding carboxylic acids is 3. The van der Waals surface area contributed by atoms with E-state index in [-0.39, 0.29) is 24.3 Å². The highest BCUT2D eigenvalue weighted by Gasteiger charge is 2.24. The molecule has 0 aliphatic rings. The quantitative estimate of drug-likeness (QED) is 0.519. The fourth-order valence-electron chi connectivity index (χ4n) is 2.39. The summed E-state index contributed by atoms with van der Waals surface area (Å²) in [6, 6.07) is 12.1. The van der Waals surface area contributed by atoms with E-state index in [0.29, 0.717) is 0 Å². The van der Waals surface area contributed by atoms with E-state index in [1.165, 1.54) is 12.1 Å². The molecule has 3 N–H and O–H groups in total. The third kappa shape index (κ3) is 8.83. The van der Waals surface area contributed by atoms with Crippen LogP contribution in [0.3, 0.4) is 0 Å². The molecule has 11 heteroatoms. The van der Waals surface area contributed by atoms with Gasteiger partial charge in [-0.2, -0.15) is 0 Å². The molecule has 2 aromatic rings. The van der Waals surface area contributed by atoms with Crippen LogP contribution < -0.4 is 16.2 Å². The van der Waals surface area contributed by atoms with Crippen molar-refractivity contribution in [2.24, 2.45) is 0 Å². The van der Waals surface area contributed by atoms with E-state index in [0.717, 1.165) is 24.0 Å². The Labute approximate surface area is 178 Å². The second-order valence-corrected chi connectivity index (χ2v) is 8.89. The van der Waals surface area contributed by atoms with Crippen LogP contribution in [-0.4, -0.2) is 44.4 Å². The summed E-state index contributed by atoms with van der Waals surface area (Å²) in [5.74, 6) is -2.48. The number of alkyl carbamates (subject to hydrolysis) is 1. The molecule has 0 spiro atoms. The van der Waals surface area contributed by atoms with Crippen molar-refractivity contribution >= 4 is 27.7 Å². The van der Waals surface area contributed by atoms with Gasteiger partial charge in [-0.25, -0.2) is 17.6 Å². The number of hydrogen-bond donors (Lipinski definition) is 3. The minimum Gasteiger partial charge on any atom is -0.445 e. The number of rotatable bonds is 8. The molecule has 1 unspecified atom stereocenters. The lowest BCUT2D eigenvalue weighted by Gasteiger charge is -2.18. The van der Waals surface area contributed by atoms with Gasteiger partial charge in [0.25, 0.3) is 11.8 Å². The van der Waals surface area contributed by atoms with Gasteiger partial charge in [0.1, 0.15) is 28.3 Å². The molecule has 0 aliphatic heterocycles. The highest BCUT2D eigenvalue weighted by molar-refractivity contribution is 7.90. The third-order valence-electron chi connectivity index (χ3n) is 4.00. The van der Waals surface area contributed by atoms with Gasteiger partial charge >= 0.3 is 6.09 Å². The molecule has 0 saturated carbocycles. The van der Waals surface area contributed by atoms with Crippen molar-refractivity contribution in [2.45, 2.75) is 19.1 Å². The molecule has 0 aromatic heterocycles. The van der Waals surface area contributed by atoms with Crippen molar-refractivity contribution in [3.8, 4) is 0 Å². The van der Waals surface area contributed by atoms with Gasteiger partial charge in [0.05, 0.1) is 5.75 Å². The van der Waals surface area contributed by atoms with Crippen molar-refractivity contribution < 1.29 is 31.9 Å². The average molecular weight is 451 g/mol. The molecule has 0 bridgehead atoms. The lowest BCUT2D eigenvalue weighted by Crippen LogP contribution is -2.52. The molecular formula is C20H22FN3O6S. The maximum absolute atomic E-state index is 12.9. The largest absolute Gasteiger partial charge is 0.445 e. The van der Waals surface area contributed by atoms with Crippen molar-refractivity contribution in [3.63, 3.8) is 0 Å². The highest BCUT2D eigenvalue weighted by Crippen LogP contribution is 2.04. The van der Waals surface area contributed by atoms with Gasteiger partial charge in [0, 0.05) is 11.8 Å². The Morgan fingerprint density at radius 1 is 1.00 bits per heavy atom. The van der Waals surface area contributed by atoms with Gasteiger partial charge in [-0.15, -0.1) is 0 Å². The summed E-state index contributed by atoms with van der Waals surface area (Å²) < 4.78 is 40.9. The number of halogens is 1. The Balaban J connectivity index is 1.95. The second kappa shape index (κ2) is 11.1. The second-order valence-electron chi connectivity index (χ2n) is 6.63. The van der Waals surface area contributed by atoms with E-state index in [1.807, 2.05) is 0 Å². The van der Waals surface area contributed by atoms with Crippen LogP contribution in [0.25, 0.3) is 0 Å². The van der Waals surface area contributed by atoms with Crippen LogP contribution in [0.1, 0.15) is 22.3 Å². The molecule has 0 aliphatic carbocycles. The summed E-state index contributed by atoms with van der Waals surface area (Å²) in [4.78, 5) is 36.5. The molecule has 1 atom stereocenters. The van der Waals surface area contributed by atoms with Gasteiger partial charge in [-0.3, -0.25) is 20.4 Å². The smallest absolute Gasteiger partial charge is 0.408 e. The number of hydrogen-bond acceptors (Lipinski definition) is 6. The predicted molar refractivity (Wildman–Crippen MR) is 110 cm³/mol. The van der Waals surface area contributed by atoms with Crippen molar-refractivity contribution in [2.75, 3.05) is 12.0 Å². The predicted octanol–water partition coefficient (Wildman–Crippen LogP) is 1.32. The molecule has 0 radical (unpaired) electrons. The topological polar surface area (TPSA) is 131 Å². The fourth-order valence-corrected chi connectivity index (χ4v) is 3.05. The van der Waals surface area contributed by atoms with Crippen LogP contribution in [0.2, 0.25) is 0 Å². The van der Waals surface area contributed by atoms with Crippen LogP contribution >= 0.6 is 0 Å². The first kappa shape index (κ1) is 23.8. The lowest BCUT2D eigenvalue weighted by atomic mass is 10.2. The highest BCUT2D eigenvalue weighted by atomic mass is 32.2. The maximum atomic E-state index is 12.9. The number of carbonyl (C=O) groups is 3. The van der Waals surface area contributed by atoms with E-state index in [9.17, 15) is 27.2 Å². The number of sulfone groups is 1. The zero-order chi connectivity index (χ0) is 22.9. The van der Waals surface area contributed by atoms with E-state index >= 15 is 0 Å². The van der Waals surface area contributed by atoms with E-state index < -0.39 is 39.6 Å². The summed E-state index contributed by atoms with van der Waals surface area (Å²) in [6.45, 7) is -0.0472. The molecule has 3 amide bonds. The van der Waals surface area contributed by atoms with Crippen LogP contribution in [-0.2, 0) is 26.0 Å². The van der Waals surface area contributed by atoms with E-state index in [2.05, 4.69) is 16.2 Å². The van der Waals surface area contributed by atoms with Gasteiger partial charge in [0.15, 0.2) is 0 Å². The van der Waals surface area contributed by atoms with Gasteiger partial charge in [-0.05, 0) is 36.2 Å². The van der Waals surface area contributed by atoms with Crippen LogP contribution in [0, 0.1) is 5.82 Å². The summed E-state index contributed by atoms with van der Waals surface area (Å²) in [5, 5.41) is 2.29. The Morgan fingerprint density at radius 2 is 1.65 bits per heavy atom. The molecule has 2 aromatic carbocycles. The Hall–Kier alpha value is -3.47. The zero-order valence-electron chi connectivity index (χ0n) is 16.6. The number of benzene rings is 2. The molecule has 0 fully saturated rings. The van der Waals surface area contributed by atoms with Crippen LogP contribution in [0.5, 0.6) is 0 Å². The summed E-state index contributed by atoms with van der Waals surface area (Å²) in [5.41, 5.74) is 5.05. The van der Waals surface area contributed by atoms with E-state index in [1.54, 1.807) is 30.3 Å². The molecule has 2 rings (SSSR count). The Bertz CT molecular complexity index is 1010. The average Bonchev–Trinajstić information content (AvgIpc) is 2.73. The van der Waals surface area contributed by atoms with Gasteiger partial charge in [-0.1, -0.05) is 30.3 Å². The first-order valence-corrected chi connectivity index (χ1v) is 11.2. The van der Waals surface area contributed by atoms with Crippen molar-refractivity contribution in [3.05, 3.63) is 71.5 Å². The number of hydrazine groups is 1. The first-order valence-electron chi connectivity index (χ1n) is 9.15. The molecule has 0 saturated heterocycles. The Kier molecular flexibility index (Phi) is 8.50. The summed E-state index contributed by atoms with van der Waals surface area (Å²) >= 11 is 0. The number of nitrogens with one attached hydrogen (secondary N) is 3. The lowest BCUT2D eigenvalue weighted by molar-refractivity contribution is -0.123. The third-order valence-corrected chi connectivity index (χ3v) is 4.98. The number of amides is 3. The SMILES string of the molecule is CS(=O)(=O)CCC(NC(=O)OCc1ccccc1)C(=O)NNC(=O)c1ccc(F)cc1.